The Hall–Kier alpha value is -0.887. The summed E-state index contributed by atoms with van der Waals surface area (Å²) in [5.41, 5.74) is 0. The molecule has 0 saturated heterocycles. The van der Waals surface area contributed by atoms with Crippen molar-refractivity contribution in [3.05, 3.63) is 73.3 Å². The van der Waals surface area contributed by atoms with Crippen molar-refractivity contribution in [3.63, 3.8) is 0 Å². The molecule has 2 N–H and O–H groups in total. The van der Waals surface area contributed by atoms with Gasteiger partial charge in [0, 0.05) is 0 Å². The minimum absolute atomic E-state index is 0.226. The van der Waals surface area contributed by atoms with Gasteiger partial charge in [0.15, 0.2) is 0 Å². The zero-order chi connectivity index (χ0) is 22.9. The van der Waals surface area contributed by atoms with Gasteiger partial charge in [-0.1, -0.05) is 0 Å². The van der Waals surface area contributed by atoms with Gasteiger partial charge in [0.05, 0.1) is 0 Å². The average molecular weight is 582 g/mol. The summed E-state index contributed by atoms with van der Waals surface area (Å²) in [5.74, 6) is -0.0859. The molecule has 0 aliphatic heterocycles. The molecule has 0 radical (unpaired) electrons. The SMILES string of the molecule is C=CCNC(=S)NC(C[CH](C)[Ge]([Cl])([Cl])[Cl])P(=O)(Oc1ccccc1)Oc1ccccc1. The van der Waals surface area contributed by atoms with Crippen molar-refractivity contribution >= 4 is 65.4 Å². The molecule has 0 spiro atoms. The average Bonchev–Trinajstić information content (AvgIpc) is 2.72. The first-order valence-corrected chi connectivity index (χ1v) is 21.0. The Morgan fingerprint density at radius 3 is 2.00 bits per heavy atom. The Balaban J connectivity index is 2.42. The second kappa shape index (κ2) is 12.4. The van der Waals surface area contributed by atoms with Crippen molar-refractivity contribution in [2.24, 2.45) is 0 Å². The summed E-state index contributed by atoms with van der Waals surface area (Å²) in [6.07, 6.45) is 1.88. The summed E-state index contributed by atoms with van der Waals surface area (Å²) in [4.78, 5) is 0. The van der Waals surface area contributed by atoms with Crippen LogP contribution in [0.5, 0.6) is 11.5 Å². The number of para-hydroxylation sites is 2. The maximum atomic E-state index is 14.2. The zero-order valence-corrected chi connectivity index (χ0v) is 22.9. The van der Waals surface area contributed by atoms with Crippen LogP contribution < -0.4 is 19.7 Å². The van der Waals surface area contributed by atoms with Crippen LogP contribution in [0.25, 0.3) is 0 Å². The first kappa shape index (κ1) is 26.4. The fourth-order valence-corrected chi connectivity index (χ4v) is 7.66. The van der Waals surface area contributed by atoms with E-state index in [1.54, 1.807) is 54.6 Å². The molecule has 2 aromatic rings. The van der Waals surface area contributed by atoms with E-state index in [1.807, 2.05) is 19.1 Å². The molecule has 2 unspecified atom stereocenters. The van der Waals surface area contributed by atoms with E-state index in [2.05, 4.69) is 17.2 Å². The summed E-state index contributed by atoms with van der Waals surface area (Å²) in [6, 6.07) is 17.6. The minimum atomic E-state index is -3.89. The van der Waals surface area contributed by atoms with Crippen molar-refractivity contribution in [1.29, 1.82) is 0 Å². The number of rotatable bonds is 11. The van der Waals surface area contributed by atoms with Crippen LogP contribution in [-0.2, 0) is 4.57 Å². The molecule has 0 heterocycles. The monoisotopic (exact) mass is 582 g/mol. The summed E-state index contributed by atoms with van der Waals surface area (Å²) < 4.78 is 25.8. The molecule has 31 heavy (non-hydrogen) atoms. The molecule has 0 saturated carbocycles. The van der Waals surface area contributed by atoms with E-state index >= 15 is 0 Å². The number of hydrogen-bond acceptors (Lipinski definition) is 4. The fraction of sp³-hybridized carbons (Fsp3) is 0.250. The summed E-state index contributed by atoms with van der Waals surface area (Å²) in [5, 5.41) is 6.28. The van der Waals surface area contributed by atoms with E-state index in [1.165, 1.54) is 0 Å². The molecule has 11 heteroatoms. The van der Waals surface area contributed by atoms with Gasteiger partial charge in [0.2, 0.25) is 0 Å². The van der Waals surface area contributed by atoms with E-state index < -0.39 is 23.9 Å². The molecule has 0 bridgehead atoms. The molecule has 2 atom stereocenters. The number of nitrogens with one attached hydrogen (secondary N) is 2. The van der Waals surface area contributed by atoms with Gasteiger partial charge in [0.1, 0.15) is 0 Å². The van der Waals surface area contributed by atoms with Gasteiger partial charge in [-0.25, -0.2) is 0 Å². The number of thiocarbonyl (C=S) groups is 1. The van der Waals surface area contributed by atoms with E-state index in [0.717, 1.165) is 0 Å². The molecule has 0 fully saturated rings. The Labute approximate surface area is 203 Å². The van der Waals surface area contributed by atoms with Crippen molar-refractivity contribution in [2.45, 2.75) is 23.9 Å². The van der Waals surface area contributed by atoms with Gasteiger partial charge in [-0.3, -0.25) is 0 Å². The molecule has 0 amide bonds. The third kappa shape index (κ3) is 8.87. The van der Waals surface area contributed by atoms with Crippen LogP contribution in [0.15, 0.2) is 73.3 Å². The molecule has 2 aromatic carbocycles. The zero-order valence-electron chi connectivity index (χ0n) is 16.8. The fourth-order valence-electron chi connectivity index (χ4n) is 2.51. The quantitative estimate of drug-likeness (QED) is 0.132. The van der Waals surface area contributed by atoms with Crippen LogP contribution in [0, 0.1) is 0 Å². The van der Waals surface area contributed by atoms with E-state index in [-0.39, 0.29) is 16.3 Å². The van der Waals surface area contributed by atoms with Gasteiger partial charge in [0.25, 0.3) is 0 Å². The van der Waals surface area contributed by atoms with Gasteiger partial charge in [-0.05, 0) is 0 Å². The van der Waals surface area contributed by atoms with Gasteiger partial charge >= 0.3 is 205 Å². The molecule has 5 nitrogen and oxygen atoms in total. The maximum absolute atomic E-state index is 14.2. The summed E-state index contributed by atoms with van der Waals surface area (Å²) >= 11 is 5.35. The van der Waals surface area contributed by atoms with Crippen LogP contribution in [0.1, 0.15) is 13.3 Å². The third-order valence-electron chi connectivity index (χ3n) is 4.17. The molecule has 0 aromatic heterocycles. The van der Waals surface area contributed by atoms with Crippen LogP contribution in [0.3, 0.4) is 0 Å². The van der Waals surface area contributed by atoms with Crippen LogP contribution in [0.2, 0.25) is 4.75 Å². The Bertz CT molecular complexity index is 858. The predicted molar refractivity (Wildman–Crippen MR) is 137 cm³/mol. The molecular weight excluding hydrogens is 558 g/mol. The predicted octanol–water partition coefficient (Wildman–Crippen LogP) is 6.75. The standard InChI is InChI=1S/C20H24Cl3GeN2O3PS/c1-3-14-25-20(31)26-19(15-16(2)24(21,22)23)30(27,28-17-10-6-4-7-11-17)29-18-12-8-5-9-13-18/h3-13,16,19H,1,14-15H2,2H3,(H2,25,26,31). The summed E-state index contributed by atoms with van der Waals surface area (Å²) in [6.45, 7) is 5.90. The number of benzene rings is 2. The first-order valence-electron chi connectivity index (χ1n) is 9.45. The van der Waals surface area contributed by atoms with Crippen molar-refractivity contribution < 1.29 is 13.6 Å². The van der Waals surface area contributed by atoms with E-state index in [4.69, 9.17) is 51.3 Å². The Kier molecular flexibility index (Phi) is 10.5. The molecule has 0 aliphatic carbocycles. The Morgan fingerprint density at radius 1 is 1.10 bits per heavy atom. The Morgan fingerprint density at radius 2 is 1.58 bits per heavy atom. The van der Waals surface area contributed by atoms with Crippen molar-refractivity contribution in [1.82, 2.24) is 10.6 Å². The summed E-state index contributed by atoms with van der Waals surface area (Å²) in [7, 11) is 11.3. The topological polar surface area (TPSA) is 59.6 Å². The first-order chi connectivity index (χ1) is 14.6. The second-order valence-electron chi connectivity index (χ2n) is 6.69. The van der Waals surface area contributed by atoms with Gasteiger partial charge in [-0.15, -0.1) is 0 Å². The van der Waals surface area contributed by atoms with E-state index in [0.29, 0.717) is 18.0 Å². The van der Waals surface area contributed by atoms with Crippen LogP contribution >= 0.6 is 49.8 Å². The van der Waals surface area contributed by atoms with E-state index in [9.17, 15) is 4.57 Å². The normalized spacial score (nSPS) is 13.5. The van der Waals surface area contributed by atoms with Crippen molar-refractivity contribution in [2.75, 3.05) is 6.54 Å². The second-order valence-corrected chi connectivity index (χ2v) is 25.8. The molecule has 168 valence electrons. The van der Waals surface area contributed by atoms with Gasteiger partial charge in [-0.2, -0.15) is 0 Å². The number of hydrogen-bond donors (Lipinski definition) is 2. The molecule has 0 aliphatic rings. The third-order valence-corrected chi connectivity index (χ3v) is 15.1. The van der Waals surface area contributed by atoms with Crippen LogP contribution in [0.4, 0.5) is 0 Å². The number of halogens is 3. The molecular formula is C20H24Cl3GeN2O3PS. The van der Waals surface area contributed by atoms with Gasteiger partial charge < -0.3 is 0 Å². The molecule has 2 rings (SSSR count). The van der Waals surface area contributed by atoms with Crippen molar-refractivity contribution in [3.8, 4) is 11.5 Å². The van der Waals surface area contributed by atoms with Crippen LogP contribution in [-0.4, -0.2) is 27.9 Å².